The molecule has 1 rings (SSSR count). The van der Waals surface area contributed by atoms with Crippen LogP contribution in [0, 0.1) is 11.7 Å². The van der Waals surface area contributed by atoms with Crippen molar-refractivity contribution < 1.29 is 22.4 Å². The molecule has 0 aromatic heterocycles. The summed E-state index contributed by atoms with van der Waals surface area (Å²) in [5.74, 6) is -1.97. The zero-order valence-electron chi connectivity index (χ0n) is 10.2. The largest absolute Gasteiger partial charge is 0.417 e. The number of ketones is 1. The van der Waals surface area contributed by atoms with Crippen LogP contribution in [-0.2, 0) is 11.0 Å². The molecule has 0 amide bonds. The molecule has 0 fully saturated rings. The normalized spacial score (nSPS) is 12.4. The molecule has 104 valence electrons. The molecule has 0 unspecified atom stereocenters. The summed E-state index contributed by atoms with van der Waals surface area (Å²) in [6.07, 6.45) is -2.98. The molecule has 0 saturated heterocycles. The van der Waals surface area contributed by atoms with E-state index in [2.05, 4.69) is 0 Å². The fourth-order valence-corrected chi connectivity index (χ4v) is 1.50. The first-order valence-electron chi connectivity index (χ1n) is 5.41. The van der Waals surface area contributed by atoms with Crippen LogP contribution in [0.2, 0.25) is 5.02 Å². The number of halogens is 5. The lowest BCUT2D eigenvalue weighted by Crippen LogP contribution is -2.09. The lowest BCUT2D eigenvalue weighted by Gasteiger charge is -2.11. The van der Waals surface area contributed by atoms with E-state index < -0.39 is 33.9 Å². The Hall–Kier alpha value is -1.36. The highest BCUT2D eigenvalue weighted by Crippen LogP contribution is 2.35. The smallest absolute Gasteiger partial charge is 0.295 e. The molecule has 6 heteroatoms. The summed E-state index contributed by atoms with van der Waals surface area (Å²) < 4.78 is 51.8. The molecular formula is C13H11ClF4O. The van der Waals surface area contributed by atoms with E-state index >= 15 is 0 Å². The van der Waals surface area contributed by atoms with Gasteiger partial charge in [-0.05, 0) is 24.3 Å². The predicted molar refractivity (Wildman–Crippen MR) is 65.3 cm³/mol. The first kappa shape index (κ1) is 15.7. The van der Waals surface area contributed by atoms with Gasteiger partial charge in [-0.15, -0.1) is 0 Å². The van der Waals surface area contributed by atoms with Gasteiger partial charge in [0.05, 0.1) is 10.6 Å². The lowest BCUT2D eigenvalue weighted by molar-refractivity contribution is -0.138. The Morgan fingerprint density at radius 1 is 1.32 bits per heavy atom. The highest BCUT2D eigenvalue weighted by atomic mass is 35.5. The van der Waals surface area contributed by atoms with Gasteiger partial charge in [-0.25, -0.2) is 4.39 Å². The third-order valence-electron chi connectivity index (χ3n) is 2.42. The Morgan fingerprint density at radius 3 is 2.37 bits per heavy atom. The number of hydrogen-bond acceptors (Lipinski definition) is 1. The van der Waals surface area contributed by atoms with Crippen molar-refractivity contribution in [3.8, 4) is 0 Å². The van der Waals surface area contributed by atoms with E-state index in [1.807, 2.05) is 0 Å². The van der Waals surface area contributed by atoms with Crippen LogP contribution in [0.3, 0.4) is 0 Å². The molecular weight excluding hydrogens is 284 g/mol. The Morgan fingerprint density at radius 2 is 1.89 bits per heavy atom. The topological polar surface area (TPSA) is 17.1 Å². The van der Waals surface area contributed by atoms with E-state index in [9.17, 15) is 22.4 Å². The van der Waals surface area contributed by atoms with Crippen molar-refractivity contribution in [2.24, 2.45) is 5.92 Å². The van der Waals surface area contributed by atoms with E-state index in [0.717, 1.165) is 18.2 Å². The van der Waals surface area contributed by atoms with E-state index in [0.29, 0.717) is 6.07 Å². The van der Waals surface area contributed by atoms with Gasteiger partial charge in [0.2, 0.25) is 0 Å². The highest BCUT2D eigenvalue weighted by molar-refractivity contribution is 6.30. The molecule has 1 aromatic carbocycles. The van der Waals surface area contributed by atoms with Crippen LogP contribution in [0.1, 0.15) is 25.0 Å². The monoisotopic (exact) mass is 294 g/mol. The van der Waals surface area contributed by atoms with Crippen molar-refractivity contribution in [1.29, 1.82) is 0 Å². The summed E-state index contributed by atoms with van der Waals surface area (Å²) in [6, 6.07) is 1.52. The zero-order chi connectivity index (χ0) is 14.8. The van der Waals surface area contributed by atoms with Gasteiger partial charge in [-0.3, -0.25) is 4.79 Å². The van der Waals surface area contributed by atoms with Crippen molar-refractivity contribution in [2.75, 3.05) is 0 Å². The molecule has 0 aliphatic heterocycles. The maximum Gasteiger partial charge on any atom is 0.417 e. The molecule has 1 aromatic rings. The Balaban J connectivity index is 3.32. The second-order valence-corrected chi connectivity index (χ2v) is 4.62. The molecule has 1 nitrogen and oxygen atoms in total. The minimum Gasteiger partial charge on any atom is -0.295 e. The van der Waals surface area contributed by atoms with Gasteiger partial charge in [0.1, 0.15) is 5.82 Å². The molecule has 0 atom stereocenters. The zero-order valence-corrected chi connectivity index (χ0v) is 10.9. The van der Waals surface area contributed by atoms with Gasteiger partial charge in [-0.2, -0.15) is 13.2 Å². The minimum absolute atomic E-state index is 0.382. The van der Waals surface area contributed by atoms with Crippen molar-refractivity contribution in [3.63, 3.8) is 0 Å². The standard InChI is InChI=1S/C13H11ClF4O/c1-7(2)11(19)6-3-8-9(13(16,17)18)4-5-10(14)12(8)15/h3-7H,1-2H3/b6-3+. The number of rotatable bonds is 3. The molecule has 0 radical (unpaired) electrons. The summed E-state index contributed by atoms with van der Waals surface area (Å²) in [5, 5.41) is -0.426. The van der Waals surface area contributed by atoms with Gasteiger partial charge in [0, 0.05) is 11.5 Å². The minimum atomic E-state index is -4.72. The number of carbonyl (C=O) groups excluding carboxylic acids is 1. The van der Waals surface area contributed by atoms with Crippen LogP contribution < -0.4 is 0 Å². The van der Waals surface area contributed by atoms with Gasteiger partial charge < -0.3 is 0 Å². The van der Waals surface area contributed by atoms with E-state index in [1.165, 1.54) is 0 Å². The molecule has 0 aliphatic carbocycles. The van der Waals surface area contributed by atoms with Crippen LogP contribution in [0.5, 0.6) is 0 Å². The van der Waals surface area contributed by atoms with Crippen LogP contribution in [0.4, 0.5) is 17.6 Å². The third-order valence-corrected chi connectivity index (χ3v) is 2.71. The summed E-state index contributed by atoms with van der Waals surface area (Å²) in [6.45, 7) is 3.18. The Bertz CT molecular complexity index is 518. The third kappa shape index (κ3) is 3.80. The molecule has 0 bridgehead atoms. The Labute approximate surface area is 112 Å². The summed E-state index contributed by atoms with van der Waals surface area (Å²) in [5.41, 5.74) is -1.89. The molecule has 19 heavy (non-hydrogen) atoms. The lowest BCUT2D eigenvalue weighted by atomic mass is 10.0. The van der Waals surface area contributed by atoms with Gasteiger partial charge in [-0.1, -0.05) is 25.4 Å². The second kappa shape index (κ2) is 5.74. The number of alkyl halides is 3. The quantitative estimate of drug-likeness (QED) is 0.581. The summed E-state index contributed by atoms with van der Waals surface area (Å²) >= 11 is 5.45. The average Bonchev–Trinajstić information content (AvgIpc) is 2.28. The van der Waals surface area contributed by atoms with Crippen molar-refractivity contribution in [2.45, 2.75) is 20.0 Å². The second-order valence-electron chi connectivity index (χ2n) is 4.21. The number of hydrogen-bond donors (Lipinski definition) is 0. The highest BCUT2D eigenvalue weighted by Gasteiger charge is 2.34. The van der Waals surface area contributed by atoms with Gasteiger partial charge in [0.15, 0.2) is 5.78 Å². The number of benzene rings is 1. The van der Waals surface area contributed by atoms with Crippen molar-refractivity contribution in [1.82, 2.24) is 0 Å². The SMILES string of the molecule is CC(C)C(=O)/C=C/c1c(C(F)(F)F)ccc(Cl)c1F. The number of carbonyl (C=O) groups is 1. The van der Waals surface area contributed by atoms with Crippen molar-refractivity contribution in [3.05, 3.63) is 40.2 Å². The Kier molecular flexibility index (Phi) is 4.74. The van der Waals surface area contributed by atoms with Gasteiger partial charge in [0.25, 0.3) is 0 Å². The van der Waals surface area contributed by atoms with E-state index in [-0.39, 0.29) is 5.92 Å². The maximum absolute atomic E-state index is 13.6. The molecule has 0 spiro atoms. The maximum atomic E-state index is 13.6. The molecule has 0 N–H and O–H groups in total. The van der Waals surface area contributed by atoms with Crippen LogP contribution in [0.25, 0.3) is 6.08 Å². The molecule has 0 heterocycles. The average molecular weight is 295 g/mol. The fraction of sp³-hybridized carbons (Fsp3) is 0.308. The van der Waals surface area contributed by atoms with E-state index in [1.54, 1.807) is 13.8 Å². The predicted octanol–water partition coefficient (Wildman–Crippen LogP) is 4.74. The first-order chi connectivity index (χ1) is 8.64. The first-order valence-corrected chi connectivity index (χ1v) is 5.79. The molecule has 0 saturated carbocycles. The van der Waals surface area contributed by atoms with E-state index in [4.69, 9.17) is 11.6 Å². The van der Waals surface area contributed by atoms with Gasteiger partial charge >= 0.3 is 6.18 Å². The van der Waals surface area contributed by atoms with Crippen LogP contribution >= 0.6 is 11.6 Å². The summed E-state index contributed by atoms with van der Waals surface area (Å²) in [7, 11) is 0. The molecule has 0 aliphatic rings. The van der Waals surface area contributed by atoms with Crippen LogP contribution in [0.15, 0.2) is 18.2 Å². The number of allylic oxidation sites excluding steroid dienone is 1. The fourth-order valence-electron chi connectivity index (χ4n) is 1.33. The van der Waals surface area contributed by atoms with Crippen LogP contribution in [-0.4, -0.2) is 5.78 Å². The van der Waals surface area contributed by atoms with Crippen molar-refractivity contribution >= 4 is 23.5 Å². The summed E-state index contributed by atoms with van der Waals surface area (Å²) in [4.78, 5) is 11.3.